The lowest BCUT2D eigenvalue weighted by Gasteiger charge is -2.21. The van der Waals surface area contributed by atoms with Gasteiger partial charge >= 0.3 is 0 Å². The van der Waals surface area contributed by atoms with Gasteiger partial charge in [-0.2, -0.15) is 0 Å². The molecule has 2 aromatic carbocycles. The highest BCUT2D eigenvalue weighted by molar-refractivity contribution is 6.00. The molecule has 0 bridgehead atoms. The Bertz CT molecular complexity index is 977. The van der Waals surface area contributed by atoms with Crippen LogP contribution in [0.2, 0.25) is 0 Å². The topological polar surface area (TPSA) is 52.7 Å². The predicted octanol–water partition coefficient (Wildman–Crippen LogP) is 3.10. The van der Waals surface area contributed by atoms with Crippen LogP contribution in [0, 0.1) is 11.8 Å². The molecule has 0 saturated carbocycles. The summed E-state index contributed by atoms with van der Waals surface area (Å²) in [5.74, 6) is 0.509. The van der Waals surface area contributed by atoms with E-state index in [-0.39, 0.29) is 30.1 Å². The van der Waals surface area contributed by atoms with Crippen LogP contribution in [0.25, 0.3) is 11.1 Å². The van der Waals surface area contributed by atoms with E-state index in [2.05, 4.69) is 41.7 Å². The molecule has 2 aliphatic heterocycles. The van der Waals surface area contributed by atoms with Gasteiger partial charge in [-0.05, 0) is 66.7 Å². The minimum atomic E-state index is -0.221. The Labute approximate surface area is 183 Å². The van der Waals surface area contributed by atoms with Gasteiger partial charge in [0.1, 0.15) is 0 Å². The lowest BCUT2D eigenvalue weighted by atomic mass is 10.1. The molecule has 5 nitrogen and oxygen atoms in total. The molecule has 0 aromatic heterocycles. The molecule has 2 amide bonds. The van der Waals surface area contributed by atoms with Crippen molar-refractivity contribution in [2.75, 3.05) is 38.1 Å². The number of rotatable bonds is 4. The van der Waals surface area contributed by atoms with Gasteiger partial charge in [0.15, 0.2) is 0 Å². The molecule has 1 aliphatic carbocycles. The molecule has 2 fully saturated rings. The van der Waals surface area contributed by atoms with Crippen molar-refractivity contribution >= 4 is 29.9 Å². The van der Waals surface area contributed by atoms with E-state index in [0.717, 1.165) is 38.2 Å². The Morgan fingerprint density at radius 3 is 2.73 bits per heavy atom. The smallest absolute Gasteiger partial charge is 0.228 e. The second-order valence-corrected chi connectivity index (χ2v) is 8.58. The largest absolute Gasteiger partial charge is 0.342 e. The summed E-state index contributed by atoms with van der Waals surface area (Å²) >= 11 is 0. The lowest BCUT2D eigenvalue weighted by Crippen LogP contribution is -2.36. The summed E-state index contributed by atoms with van der Waals surface area (Å²) in [6.07, 6.45) is 2.27. The molecule has 0 spiro atoms. The first-order valence-electron chi connectivity index (χ1n) is 10.6. The van der Waals surface area contributed by atoms with Crippen LogP contribution in [-0.4, -0.2) is 49.9 Å². The summed E-state index contributed by atoms with van der Waals surface area (Å²) in [6, 6.07) is 14.8. The van der Waals surface area contributed by atoms with Crippen molar-refractivity contribution in [3.8, 4) is 11.1 Å². The van der Waals surface area contributed by atoms with Gasteiger partial charge in [-0.1, -0.05) is 30.3 Å². The van der Waals surface area contributed by atoms with Crippen molar-refractivity contribution in [3.63, 3.8) is 0 Å². The minimum Gasteiger partial charge on any atom is -0.342 e. The second kappa shape index (κ2) is 8.40. The summed E-state index contributed by atoms with van der Waals surface area (Å²) in [7, 11) is 1.95. The number of fused-ring (bicyclic) bond motifs is 3. The van der Waals surface area contributed by atoms with Crippen LogP contribution in [-0.2, 0) is 16.0 Å². The Hall–Kier alpha value is -2.37. The molecule has 158 valence electrons. The first-order chi connectivity index (χ1) is 14.1. The monoisotopic (exact) mass is 425 g/mol. The van der Waals surface area contributed by atoms with Gasteiger partial charge in [-0.25, -0.2) is 0 Å². The van der Waals surface area contributed by atoms with Gasteiger partial charge < -0.3 is 15.1 Å². The first kappa shape index (κ1) is 20.9. The quantitative estimate of drug-likeness (QED) is 0.698. The van der Waals surface area contributed by atoms with Crippen LogP contribution >= 0.6 is 12.4 Å². The number of amides is 2. The predicted molar refractivity (Wildman–Crippen MR) is 121 cm³/mol. The third kappa shape index (κ3) is 3.61. The van der Waals surface area contributed by atoms with Crippen LogP contribution in [0.15, 0.2) is 42.5 Å². The van der Waals surface area contributed by atoms with Crippen molar-refractivity contribution in [1.82, 2.24) is 10.2 Å². The van der Waals surface area contributed by atoms with Crippen molar-refractivity contribution < 1.29 is 9.59 Å². The molecule has 30 heavy (non-hydrogen) atoms. The van der Waals surface area contributed by atoms with Gasteiger partial charge in [0, 0.05) is 31.7 Å². The number of nitrogens with one attached hydrogen (secondary N) is 1. The van der Waals surface area contributed by atoms with Crippen molar-refractivity contribution in [3.05, 3.63) is 53.6 Å². The van der Waals surface area contributed by atoms with Crippen molar-refractivity contribution in [2.24, 2.45) is 11.8 Å². The summed E-state index contributed by atoms with van der Waals surface area (Å²) < 4.78 is 0. The SMILES string of the molecule is CNCC1CCN(C(=O)C2CC(=O)N(c3ccc4c(c3)Cc3ccccc3-4)C2)C1.Cl. The minimum absolute atomic E-state index is 0. The number of carbonyl (C=O) groups is 2. The third-order valence-corrected chi connectivity index (χ3v) is 6.65. The molecule has 2 saturated heterocycles. The van der Waals surface area contributed by atoms with Crippen LogP contribution in [0.5, 0.6) is 0 Å². The molecule has 0 radical (unpaired) electrons. The second-order valence-electron chi connectivity index (χ2n) is 8.58. The average Bonchev–Trinajstić information content (AvgIpc) is 3.44. The Balaban J connectivity index is 0.00000218. The van der Waals surface area contributed by atoms with E-state index in [1.807, 2.05) is 22.9 Å². The van der Waals surface area contributed by atoms with Crippen LogP contribution in [0.1, 0.15) is 24.0 Å². The number of hydrogen-bond acceptors (Lipinski definition) is 3. The van der Waals surface area contributed by atoms with E-state index in [0.29, 0.717) is 18.9 Å². The normalized spacial score (nSPS) is 22.1. The molecular formula is C24H28ClN3O2. The highest BCUT2D eigenvalue weighted by Gasteiger charge is 2.39. The van der Waals surface area contributed by atoms with E-state index < -0.39 is 0 Å². The van der Waals surface area contributed by atoms with E-state index in [4.69, 9.17) is 0 Å². The molecule has 1 N–H and O–H groups in total. The van der Waals surface area contributed by atoms with Gasteiger partial charge in [-0.3, -0.25) is 9.59 Å². The maximum atomic E-state index is 13.0. The van der Waals surface area contributed by atoms with Crippen molar-refractivity contribution in [1.29, 1.82) is 0 Å². The molecule has 2 atom stereocenters. The molecule has 2 heterocycles. The van der Waals surface area contributed by atoms with Crippen LogP contribution in [0.4, 0.5) is 5.69 Å². The lowest BCUT2D eigenvalue weighted by molar-refractivity contribution is -0.134. The highest BCUT2D eigenvalue weighted by Crippen LogP contribution is 2.39. The zero-order chi connectivity index (χ0) is 20.0. The summed E-state index contributed by atoms with van der Waals surface area (Å²) in [5, 5.41) is 3.20. The summed E-state index contributed by atoms with van der Waals surface area (Å²) in [5.41, 5.74) is 6.08. The fourth-order valence-electron chi connectivity index (χ4n) is 5.17. The Morgan fingerprint density at radius 2 is 1.90 bits per heavy atom. The number of nitrogens with zero attached hydrogens (tertiary/aromatic N) is 2. The maximum Gasteiger partial charge on any atom is 0.228 e. The Morgan fingerprint density at radius 1 is 1.10 bits per heavy atom. The van der Waals surface area contributed by atoms with Crippen LogP contribution in [0.3, 0.4) is 0 Å². The first-order valence-corrected chi connectivity index (χ1v) is 10.6. The van der Waals surface area contributed by atoms with Crippen molar-refractivity contribution in [2.45, 2.75) is 19.3 Å². The molecule has 2 unspecified atom stereocenters. The highest BCUT2D eigenvalue weighted by atomic mass is 35.5. The number of hydrogen-bond donors (Lipinski definition) is 1. The number of halogens is 1. The zero-order valence-electron chi connectivity index (χ0n) is 17.3. The number of likely N-dealkylation sites (tertiary alicyclic amines) is 1. The van der Waals surface area contributed by atoms with Gasteiger partial charge in [-0.15, -0.1) is 12.4 Å². The summed E-state index contributed by atoms with van der Waals surface area (Å²) in [6.45, 7) is 3.06. The average molecular weight is 426 g/mol. The fourth-order valence-corrected chi connectivity index (χ4v) is 5.17. The zero-order valence-corrected chi connectivity index (χ0v) is 18.1. The fraction of sp³-hybridized carbons (Fsp3) is 0.417. The molecule has 5 rings (SSSR count). The standard InChI is InChI=1S/C24H27N3O2.ClH/c1-25-13-16-8-9-26(14-16)24(29)19-12-23(28)27(15-19)20-6-7-22-18(11-20)10-17-4-2-3-5-21(17)22;/h2-7,11,16,19,25H,8-10,12-15H2,1H3;1H. The van der Waals surface area contributed by atoms with E-state index in [1.165, 1.54) is 22.3 Å². The summed E-state index contributed by atoms with van der Waals surface area (Å²) in [4.78, 5) is 29.5. The molecule has 3 aliphatic rings. The number of carbonyl (C=O) groups excluding carboxylic acids is 2. The van der Waals surface area contributed by atoms with Crippen LogP contribution < -0.4 is 10.2 Å². The van der Waals surface area contributed by atoms with Gasteiger partial charge in [0.25, 0.3) is 0 Å². The van der Waals surface area contributed by atoms with Gasteiger partial charge in [0.2, 0.25) is 11.8 Å². The number of benzene rings is 2. The molecule has 6 heteroatoms. The van der Waals surface area contributed by atoms with Gasteiger partial charge in [0.05, 0.1) is 5.92 Å². The Kier molecular flexibility index (Phi) is 5.85. The van der Waals surface area contributed by atoms with E-state index >= 15 is 0 Å². The maximum absolute atomic E-state index is 13.0. The molecular weight excluding hydrogens is 398 g/mol. The van der Waals surface area contributed by atoms with E-state index in [9.17, 15) is 9.59 Å². The number of anilines is 1. The molecule has 2 aromatic rings. The third-order valence-electron chi connectivity index (χ3n) is 6.65. The van der Waals surface area contributed by atoms with E-state index in [1.54, 1.807) is 0 Å².